The van der Waals surface area contributed by atoms with Crippen molar-refractivity contribution in [2.45, 2.75) is 96.8 Å². The second-order valence-electron chi connectivity index (χ2n) is 7.21. The van der Waals surface area contributed by atoms with Crippen LogP contribution >= 0.6 is 0 Å². The van der Waals surface area contributed by atoms with Crippen molar-refractivity contribution >= 4 is 11.9 Å². The van der Waals surface area contributed by atoms with E-state index >= 15 is 0 Å². The summed E-state index contributed by atoms with van der Waals surface area (Å²) in [5, 5.41) is 2.31. The summed E-state index contributed by atoms with van der Waals surface area (Å²) in [5.41, 5.74) is 0. The van der Waals surface area contributed by atoms with Gasteiger partial charge in [0.2, 0.25) is 5.91 Å². The Hall–Kier alpha value is -1.32. The molecule has 0 bridgehead atoms. The second kappa shape index (κ2) is 15.0. The molecule has 3 amide bonds. The van der Waals surface area contributed by atoms with E-state index in [9.17, 15) is 9.59 Å². The van der Waals surface area contributed by atoms with Gasteiger partial charge in [-0.3, -0.25) is 10.1 Å². The van der Waals surface area contributed by atoms with Crippen LogP contribution in [-0.4, -0.2) is 29.9 Å². The van der Waals surface area contributed by atoms with E-state index < -0.39 is 0 Å². The number of urea groups is 1. The number of allylic oxidation sites excluding steroid dienone is 2. The van der Waals surface area contributed by atoms with Crippen molar-refractivity contribution in [1.82, 2.24) is 10.2 Å². The Morgan fingerprint density at radius 3 is 1.84 bits per heavy atom. The van der Waals surface area contributed by atoms with Crippen molar-refractivity contribution in [3.8, 4) is 0 Å². The first kappa shape index (κ1) is 21.7. The molecule has 25 heavy (non-hydrogen) atoms. The van der Waals surface area contributed by atoms with Crippen molar-refractivity contribution in [3.63, 3.8) is 0 Å². The molecule has 1 saturated heterocycles. The zero-order valence-electron chi connectivity index (χ0n) is 16.2. The van der Waals surface area contributed by atoms with Crippen LogP contribution in [0, 0.1) is 0 Å². The number of unbranched alkanes of at least 4 members (excludes halogenated alkanes) is 12. The maximum atomic E-state index is 11.4. The number of nitrogens with zero attached hydrogens (tertiary/aromatic N) is 1. The lowest BCUT2D eigenvalue weighted by molar-refractivity contribution is -0.118. The lowest BCUT2D eigenvalue weighted by atomic mass is 10.1. The Labute approximate surface area is 154 Å². The Kier molecular flexibility index (Phi) is 13.0. The number of imide groups is 1. The monoisotopic (exact) mass is 350 g/mol. The highest BCUT2D eigenvalue weighted by Gasteiger charge is 2.25. The van der Waals surface area contributed by atoms with Gasteiger partial charge in [0.05, 0.1) is 0 Å². The molecule has 4 heteroatoms. The summed E-state index contributed by atoms with van der Waals surface area (Å²) >= 11 is 0. The van der Waals surface area contributed by atoms with Crippen LogP contribution in [0.25, 0.3) is 0 Å². The number of amides is 3. The van der Waals surface area contributed by atoms with Crippen LogP contribution < -0.4 is 5.32 Å². The smallest absolute Gasteiger partial charge is 0.315 e. The standard InChI is InChI=1S/C21H38N2O2/c1-2-3-4-5-6-7-8-9-10-11-12-13-14-15-16-17-18-23-19-20(24)22-21(23)25/h9-10H,2-8,11-19H2,1H3,(H,22,24,25). The average molecular weight is 351 g/mol. The largest absolute Gasteiger partial charge is 0.324 e. The Bertz CT molecular complexity index is 393. The van der Waals surface area contributed by atoms with Crippen molar-refractivity contribution in [1.29, 1.82) is 0 Å². The van der Waals surface area contributed by atoms with Gasteiger partial charge in [0.25, 0.3) is 0 Å². The van der Waals surface area contributed by atoms with E-state index in [1.807, 2.05) is 0 Å². The number of carbonyl (C=O) groups is 2. The summed E-state index contributed by atoms with van der Waals surface area (Å²) in [6.45, 7) is 3.21. The van der Waals surface area contributed by atoms with Gasteiger partial charge in [-0.05, 0) is 32.1 Å². The summed E-state index contributed by atoms with van der Waals surface area (Å²) in [7, 11) is 0. The van der Waals surface area contributed by atoms with Gasteiger partial charge in [0.1, 0.15) is 6.54 Å². The predicted octanol–water partition coefficient (Wildman–Crippen LogP) is 5.58. The van der Waals surface area contributed by atoms with Crippen LogP contribution in [0.4, 0.5) is 4.79 Å². The van der Waals surface area contributed by atoms with E-state index in [-0.39, 0.29) is 18.5 Å². The minimum Gasteiger partial charge on any atom is -0.315 e. The van der Waals surface area contributed by atoms with Crippen LogP contribution in [-0.2, 0) is 4.79 Å². The SMILES string of the molecule is CCCCCCCCC=CCCCCCCCCN1CC(=O)NC1=O. The molecule has 4 nitrogen and oxygen atoms in total. The lowest BCUT2D eigenvalue weighted by Gasteiger charge is -2.12. The topological polar surface area (TPSA) is 49.4 Å². The van der Waals surface area contributed by atoms with Crippen molar-refractivity contribution in [3.05, 3.63) is 12.2 Å². The molecule has 0 aromatic heterocycles. The minimum atomic E-state index is -0.224. The van der Waals surface area contributed by atoms with Gasteiger partial charge >= 0.3 is 6.03 Å². The second-order valence-corrected chi connectivity index (χ2v) is 7.21. The van der Waals surface area contributed by atoms with Gasteiger partial charge in [-0.25, -0.2) is 4.79 Å². The average Bonchev–Trinajstić information content (AvgIpc) is 2.92. The highest BCUT2D eigenvalue weighted by Crippen LogP contribution is 2.10. The number of hydrogen-bond donors (Lipinski definition) is 1. The van der Waals surface area contributed by atoms with Gasteiger partial charge in [-0.1, -0.05) is 76.9 Å². The molecule has 0 saturated carbocycles. The molecule has 1 fully saturated rings. The van der Waals surface area contributed by atoms with Crippen molar-refractivity contribution in [2.24, 2.45) is 0 Å². The van der Waals surface area contributed by atoms with E-state index in [0.29, 0.717) is 6.54 Å². The molecule has 1 heterocycles. The Morgan fingerprint density at radius 1 is 0.800 bits per heavy atom. The lowest BCUT2D eigenvalue weighted by Crippen LogP contribution is -2.29. The molecule has 0 spiro atoms. The first-order valence-electron chi connectivity index (χ1n) is 10.5. The molecule has 1 N–H and O–H groups in total. The maximum absolute atomic E-state index is 11.4. The predicted molar refractivity (Wildman–Crippen MR) is 105 cm³/mol. The van der Waals surface area contributed by atoms with E-state index in [4.69, 9.17) is 0 Å². The van der Waals surface area contributed by atoms with E-state index in [1.54, 1.807) is 4.90 Å². The molecular weight excluding hydrogens is 312 g/mol. The molecule has 0 unspecified atom stereocenters. The molecule has 144 valence electrons. The zero-order chi connectivity index (χ0) is 18.2. The highest BCUT2D eigenvalue weighted by atomic mass is 16.2. The quantitative estimate of drug-likeness (QED) is 0.224. The van der Waals surface area contributed by atoms with Crippen LogP contribution in [0.2, 0.25) is 0 Å². The number of hydrogen-bond acceptors (Lipinski definition) is 2. The first-order chi connectivity index (χ1) is 12.2. The third-order valence-corrected chi connectivity index (χ3v) is 4.81. The summed E-state index contributed by atoms with van der Waals surface area (Å²) in [6, 6.07) is -0.224. The van der Waals surface area contributed by atoms with Crippen LogP contribution in [0.15, 0.2) is 12.2 Å². The van der Waals surface area contributed by atoms with Gasteiger partial charge in [0.15, 0.2) is 0 Å². The molecule has 1 aliphatic rings. The fraction of sp³-hybridized carbons (Fsp3) is 0.810. The summed E-state index contributed by atoms with van der Waals surface area (Å²) in [5.74, 6) is -0.172. The third-order valence-electron chi connectivity index (χ3n) is 4.81. The van der Waals surface area contributed by atoms with Crippen LogP contribution in [0.1, 0.15) is 96.8 Å². The van der Waals surface area contributed by atoms with Crippen molar-refractivity contribution in [2.75, 3.05) is 13.1 Å². The van der Waals surface area contributed by atoms with Crippen molar-refractivity contribution < 1.29 is 9.59 Å². The summed E-state index contributed by atoms with van der Waals surface area (Å²) in [4.78, 5) is 24.0. The highest BCUT2D eigenvalue weighted by molar-refractivity contribution is 6.01. The Morgan fingerprint density at radius 2 is 1.32 bits per heavy atom. The fourth-order valence-electron chi connectivity index (χ4n) is 3.21. The molecule has 0 atom stereocenters. The van der Waals surface area contributed by atoms with Gasteiger partial charge < -0.3 is 4.90 Å². The maximum Gasteiger partial charge on any atom is 0.324 e. The minimum absolute atomic E-state index is 0.172. The molecule has 0 aromatic carbocycles. The van der Waals surface area contributed by atoms with E-state index in [0.717, 1.165) is 12.8 Å². The Balaban J connectivity index is 1.78. The van der Waals surface area contributed by atoms with Gasteiger partial charge in [-0.15, -0.1) is 0 Å². The third kappa shape index (κ3) is 11.8. The van der Waals surface area contributed by atoms with Gasteiger partial charge in [0, 0.05) is 6.54 Å². The van der Waals surface area contributed by atoms with Gasteiger partial charge in [-0.2, -0.15) is 0 Å². The number of nitrogens with one attached hydrogen (secondary N) is 1. The molecule has 1 aliphatic heterocycles. The summed E-state index contributed by atoms with van der Waals surface area (Å²) < 4.78 is 0. The molecule has 0 radical (unpaired) electrons. The summed E-state index contributed by atoms with van der Waals surface area (Å²) in [6.07, 6.45) is 22.7. The molecule has 1 rings (SSSR count). The van der Waals surface area contributed by atoms with E-state index in [1.165, 1.54) is 77.0 Å². The van der Waals surface area contributed by atoms with Crippen LogP contribution in [0.5, 0.6) is 0 Å². The fourth-order valence-corrected chi connectivity index (χ4v) is 3.21. The molecule has 0 aromatic rings. The number of rotatable bonds is 16. The number of carbonyl (C=O) groups excluding carboxylic acids is 2. The zero-order valence-corrected chi connectivity index (χ0v) is 16.2. The van der Waals surface area contributed by atoms with Crippen LogP contribution in [0.3, 0.4) is 0 Å². The van der Waals surface area contributed by atoms with E-state index in [2.05, 4.69) is 24.4 Å². The molecular formula is C21H38N2O2. The normalized spacial score (nSPS) is 14.7. The first-order valence-corrected chi connectivity index (χ1v) is 10.5. The molecule has 0 aliphatic carbocycles.